The van der Waals surface area contributed by atoms with Crippen LogP contribution in [0, 0.1) is 11.3 Å². The molecule has 5 rings (SSSR count). The molecule has 0 bridgehead atoms. The molecule has 0 spiro atoms. The van der Waals surface area contributed by atoms with Gasteiger partial charge in [0.25, 0.3) is 5.89 Å². The summed E-state index contributed by atoms with van der Waals surface area (Å²) in [6.45, 7) is 6.04. The number of nitriles is 1. The Hall–Kier alpha value is -3.21. The van der Waals surface area contributed by atoms with E-state index in [2.05, 4.69) is 45.0 Å². The lowest BCUT2D eigenvalue weighted by molar-refractivity contribution is 0.241. The van der Waals surface area contributed by atoms with Gasteiger partial charge in [-0.3, -0.25) is 0 Å². The zero-order valence-electron chi connectivity index (χ0n) is 19.1. The Balaban J connectivity index is 1.39. The molecule has 1 unspecified atom stereocenters. The number of hydrogen-bond acceptors (Lipinski definition) is 7. The Labute approximate surface area is 194 Å². The van der Waals surface area contributed by atoms with Crippen LogP contribution in [-0.4, -0.2) is 35.4 Å². The first-order chi connectivity index (χ1) is 16.1. The van der Waals surface area contributed by atoms with Gasteiger partial charge in [-0.1, -0.05) is 23.4 Å². The Bertz CT molecular complexity index is 1170. The van der Waals surface area contributed by atoms with Crippen molar-refractivity contribution in [1.82, 2.24) is 20.8 Å². The van der Waals surface area contributed by atoms with Crippen molar-refractivity contribution in [2.24, 2.45) is 0 Å². The summed E-state index contributed by atoms with van der Waals surface area (Å²) in [7, 11) is 0. The summed E-state index contributed by atoms with van der Waals surface area (Å²) in [6, 6.07) is 14.9. The quantitative estimate of drug-likeness (QED) is 0.583. The van der Waals surface area contributed by atoms with Crippen LogP contribution in [0.25, 0.3) is 22.8 Å². The zero-order valence-corrected chi connectivity index (χ0v) is 19.1. The second kappa shape index (κ2) is 9.34. The van der Waals surface area contributed by atoms with Gasteiger partial charge in [-0.25, -0.2) is 0 Å². The van der Waals surface area contributed by atoms with E-state index in [0.717, 1.165) is 31.5 Å². The van der Waals surface area contributed by atoms with Gasteiger partial charge in [-0.05, 0) is 81.9 Å². The van der Waals surface area contributed by atoms with Crippen LogP contribution < -0.4 is 15.4 Å². The van der Waals surface area contributed by atoms with Crippen LogP contribution in [0.15, 0.2) is 40.9 Å². The minimum absolute atomic E-state index is 0.00812. The maximum Gasteiger partial charge on any atom is 0.258 e. The number of nitrogens with one attached hydrogen (secondary N) is 2. The molecule has 170 valence electrons. The Kier molecular flexibility index (Phi) is 6.12. The largest absolute Gasteiger partial charge is 0.490 e. The van der Waals surface area contributed by atoms with Gasteiger partial charge >= 0.3 is 0 Å². The van der Waals surface area contributed by atoms with E-state index in [1.165, 1.54) is 24.0 Å². The van der Waals surface area contributed by atoms with Crippen molar-refractivity contribution in [3.63, 3.8) is 0 Å². The van der Waals surface area contributed by atoms with Gasteiger partial charge in [0, 0.05) is 23.2 Å². The van der Waals surface area contributed by atoms with Crippen molar-refractivity contribution in [3.05, 3.63) is 53.1 Å². The molecule has 2 aliphatic rings. The van der Waals surface area contributed by atoms with Crippen molar-refractivity contribution in [2.45, 2.75) is 57.7 Å². The third-order valence-electron chi connectivity index (χ3n) is 6.42. The lowest BCUT2D eigenvalue weighted by Crippen LogP contribution is -2.41. The SMILES string of the molecule is CC(C)Oc1ccc(-c2nc(-c3cccc4c3CCC4NC3CCNCC3)no2)cc1C#N. The number of nitrogens with zero attached hydrogens (tertiary/aromatic N) is 3. The number of rotatable bonds is 6. The van der Waals surface area contributed by atoms with Gasteiger partial charge in [0.15, 0.2) is 0 Å². The molecule has 7 nitrogen and oxygen atoms in total. The molecule has 1 saturated heterocycles. The normalized spacial score (nSPS) is 18.3. The smallest absolute Gasteiger partial charge is 0.258 e. The van der Waals surface area contributed by atoms with Gasteiger partial charge in [0.05, 0.1) is 11.7 Å². The fourth-order valence-corrected chi connectivity index (χ4v) is 4.87. The van der Waals surface area contributed by atoms with E-state index in [1.54, 1.807) is 12.1 Å². The molecular formula is C26H29N5O2. The van der Waals surface area contributed by atoms with Crippen molar-refractivity contribution < 1.29 is 9.26 Å². The fraction of sp³-hybridized carbons (Fsp3) is 0.423. The van der Waals surface area contributed by atoms with Crippen LogP contribution in [0.3, 0.4) is 0 Å². The lowest BCUT2D eigenvalue weighted by Gasteiger charge is -2.27. The summed E-state index contributed by atoms with van der Waals surface area (Å²) in [6.07, 6.45) is 4.42. The average Bonchev–Trinajstić information content (AvgIpc) is 3.48. The number of fused-ring (bicyclic) bond motifs is 1. The molecule has 2 N–H and O–H groups in total. The summed E-state index contributed by atoms with van der Waals surface area (Å²) >= 11 is 0. The number of piperidine rings is 1. The molecular weight excluding hydrogens is 414 g/mol. The number of ether oxygens (including phenoxy) is 1. The Morgan fingerprint density at radius 1 is 1.18 bits per heavy atom. The first-order valence-corrected chi connectivity index (χ1v) is 11.8. The third-order valence-corrected chi connectivity index (χ3v) is 6.42. The highest BCUT2D eigenvalue weighted by atomic mass is 16.5. The summed E-state index contributed by atoms with van der Waals surface area (Å²) in [4.78, 5) is 4.68. The monoisotopic (exact) mass is 443 g/mol. The van der Waals surface area contributed by atoms with E-state index in [9.17, 15) is 5.26 Å². The van der Waals surface area contributed by atoms with E-state index in [0.29, 0.717) is 40.7 Å². The topological polar surface area (TPSA) is 96.0 Å². The molecule has 1 aliphatic carbocycles. The Morgan fingerprint density at radius 2 is 2.03 bits per heavy atom. The molecule has 0 saturated carbocycles. The number of benzene rings is 2. The lowest BCUT2D eigenvalue weighted by atomic mass is 10.00. The highest BCUT2D eigenvalue weighted by Gasteiger charge is 2.28. The summed E-state index contributed by atoms with van der Waals surface area (Å²) < 4.78 is 11.3. The van der Waals surface area contributed by atoms with E-state index in [1.807, 2.05) is 19.9 Å². The van der Waals surface area contributed by atoms with E-state index in [4.69, 9.17) is 9.26 Å². The molecule has 2 heterocycles. The molecule has 1 aliphatic heterocycles. The first kappa shape index (κ1) is 21.6. The molecule has 7 heteroatoms. The fourth-order valence-electron chi connectivity index (χ4n) is 4.87. The van der Waals surface area contributed by atoms with E-state index < -0.39 is 0 Å². The predicted octanol–water partition coefficient (Wildman–Crippen LogP) is 4.39. The molecule has 33 heavy (non-hydrogen) atoms. The predicted molar refractivity (Wildman–Crippen MR) is 126 cm³/mol. The third kappa shape index (κ3) is 4.50. The molecule has 3 aromatic rings. The van der Waals surface area contributed by atoms with Crippen molar-refractivity contribution in [2.75, 3.05) is 13.1 Å². The van der Waals surface area contributed by atoms with Crippen LogP contribution in [0.4, 0.5) is 0 Å². The summed E-state index contributed by atoms with van der Waals surface area (Å²) in [5.74, 6) is 1.55. The summed E-state index contributed by atoms with van der Waals surface area (Å²) in [5, 5.41) is 21.1. The standard InChI is InChI=1S/C26H29N5O2/c1-16(2)32-24-9-6-17(14-18(24)15-27)26-30-25(31-33-26)22-5-3-4-21-20(22)7-8-23(21)29-19-10-12-28-13-11-19/h3-6,9,14,16,19,23,28-29H,7-8,10-13H2,1-2H3. The van der Waals surface area contributed by atoms with Crippen molar-refractivity contribution in [1.29, 1.82) is 5.26 Å². The minimum Gasteiger partial charge on any atom is -0.490 e. The Morgan fingerprint density at radius 3 is 2.82 bits per heavy atom. The van der Waals surface area contributed by atoms with Gasteiger partial charge in [-0.15, -0.1) is 0 Å². The van der Waals surface area contributed by atoms with Gasteiger partial charge < -0.3 is 19.9 Å². The highest BCUT2D eigenvalue weighted by Crippen LogP contribution is 2.38. The second-order valence-corrected chi connectivity index (χ2v) is 9.07. The van der Waals surface area contributed by atoms with Crippen LogP contribution in [0.2, 0.25) is 0 Å². The molecule has 1 atom stereocenters. The van der Waals surface area contributed by atoms with Crippen LogP contribution in [0.5, 0.6) is 5.75 Å². The number of hydrogen-bond donors (Lipinski definition) is 2. The molecule has 1 aromatic heterocycles. The maximum absolute atomic E-state index is 9.53. The molecule has 2 aromatic carbocycles. The van der Waals surface area contributed by atoms with Crippen LogP contribution >= 0.6 is 0 Å². The zero-order chi connectivity index (χ0) is 22.8. The maximum atomic E-state index is 9.53. The second-order valence-electron chi connectivity index (χ2n) is 9.07. The van der Waals surface area contributed by atoms with Gasteiger partial charge in [0.2, 0.25) is 5.82 Å². The van der Waals surface area contributed by atoms with Crippen molar-refractivity contribution >= 4 is 0 Å². The molecule has 1 fully saturated rings. The minimum atomic E-state index is -0.00812. The van der Waals surface area contributed by atoms with Crippen molar-refractivity contribution in [3.8, 4) is 34.7 Å². The summed E-state index contributed by atoms with van der Waals surface area (Å²) in [5.41, 5.74) is 4.83. The van der Waals surface area contributed by atoms with Crippen LogP contribution in [0.1, 0.15) is 55.8 Å². The van der Waals surface area contributed by atoms with Gasteiger partial charge in [0.1, 0.15) is 11.8 Å². The van der Waals surface area contributed by atoms with E-state index >= 15 is 0 Å². The molecule has 0 radical (unpaired) electrons. The highest BCUT2D eigenvalue weighted by molar-refractivity contribution is 5.67. The van der Waals surface area contributed by atoms with Crippen LogP contribution in [-0.2, 0) is 6.42 Å². The van der Waals surface area contributed by atoms with Gasteiger partial charge in [-0.2, -0.15) is 10.2 Å². The molecule has 0 amide bonds. The average molecular weight is 444 g/mol. The first-order valence-electron chi connectivity index (χ1n) is 11.8. The number of aromatic nitrogens is 2. The van der Waals surface area contributed by atoms with E-state index in [-0.39, 0.29) is 6.10 Å².